The van der Waals surface area contributed by atoms with Crippen molar-refractivity contribution >= 4 is 34.6 Å². The van der Waals surface area contributed by atoms with Gasteiger partial charge in [-0.25, -0.2) is 0 Å². The molecule has 2 aliphatic rings. The lowest BCUT2D eigenvalue weighted by atomic mass is 10.1. The Morgan fingerprint density at radius 1 is 0.806 bits per heavy atom. The number of benzene rings is 1. The van der Waals surface area contributed by atoms with E-state index in [0.717, 1.165) is 61.4 Å². The monoisotopic (exact) mass is 490 g/mol. The molecule has 5 N–H and O–H groups in total. The molecule has 2 fully saturated rings. The van der Waals surface area contributed by atoms with Crippen LogP contribution in [0, 0.1) is 0 Å². The third-order valence-corrected chi connectivity index (χ3v) is 6.82. The molecule has 0 unspecified atom stereocenters. The highest BCUT2D eigenvalue weighted by Crippen LogP contribution is 2.26. The first-order valence-electron chi connectivity index (χ1n) is 12.9. The molecular weight excluding hydrogens is 456 g/mol. The molecule has 3 aromatic rings. The average molecular weight is 491 g/mol. The van der Waals surface area contributed by atoms with E-state index in [1.807, 2.05) is 30.3 Å². The molecule has 0 radical (unpaired) electrons. The Balaban J connectivity index is 1.20. The predicted octanol–water partition coefficient (Wildman–Crippen LogP) is 2.04. The van der Waals surface area contributed by atoms with E-state index in [9.17, 15) is 9.59 Å². The molecule has 0 spiro atoms. The Kier molecular flexibility index (Phi) is 7.31. The molecule has 0 amide bonds. The minimum Gasteiger partial charge on any atom is -0.378 e. The van der Waals surface area contributed by atoms with E-state index in [4.69, 9.17) is 15.7 Å². The lowest BCUT2D eigenvalue weighted by Gasteiger charge is -2.22. The fourth-order valence-electron chi connectivity index (χ4n) is 4.80. The van der Waals surface area contributed by atoms with Crippen molar-refractivity contribution in [3.63, 3.8) is 0 Å². The number of anilines is 6. The van der Waals surface area contributed by atoms with Gasteiger partial charge in [0.05, 0.1) is 0 Å². The van der Waals surface area contributed by atoms with Crippen LogP contribution in [0.1, 0.15) is 31.2 Å². The number of aromatic nitrogens is 2. The van der Waals surface area contributed by atoms with Crippen LogP contribution in [-0.4, -0.2) is 55.8 Å². The van der Waals surface area contributed by atoms with Gasteiger partial charge in [-0.15, -0.1) is 0 Å². The summed E-state index contributed by atoms with van der Waals surface area (Å²) in [6.45, 7) is 5.61. The van der Waals surface area contributed by atoms with E-state index in [0.29, 0.717) is 31.0 Å². The molecule has 2 saturated heterocycles. The van der Waals surface area contributed by atoms with E-state index in [1.165, 1.54) is 25.7 Å². The molecule has 3 heterocycles. The topological polar surface area (TPSA) is 129 Å². The molecule has 190 valence electrons. The normalized spacial score (nSPS) is 15.6. The van der Waals surface area contributed by atoms with Crippen LogP contribution in [0.4, 0.5) is 34.6 Å². The molecule has 2 aliphatic heterocycles. The van der Waals surface area contributed by atoms with Gasteiger partial charge in [0.2, 0.25) is 5.95 Å². The summed E-state index contributed by atoms with van der Waals surface area (Å²) in [5.74, 6) is 2.52. The highest BCUT2D eigenvalue weighted by atomic mass is 16.2. The molecule has 36 heavy (non-hydrogen) atoms. The highest BCUT2D eigenvalue weighted by molar-refractivity contribution is 5.78. The summed E-state index contributed by atoms with van der Waals surface area (Å²) in [5.41, 5.74) is 7.12. The third kappa shape index (κ3) is 5.28. The number of hydrogen-bond acceptors (Lipinski definition) is 10. The second-order valence-corrected chi connectivity index (χ2v) is 9.42. The third-order valence-electron chi connectivity index (χ3n) is 6.82. The number of nitrogens with zero attached hydrogens (tertiary/aromatic N) is 4. The summed E-state index contributed by atoms with van der Waals surface area (Å²) in [4.78, 5) is 38.5. The molecular formula is C26H34N8O2. The molecule has 0 aliphatic carbocycles. The fourth-order valence-corrected chi connectivity index (χ4v) is 4.80. The smallest absolute Gasteiger partial charge is 0.253 e. The van der Waals surface area contributed by atoms with Gasteiger partial charge in [0.25, 0.3) is 10.9 Å². The van der Waals surface area contributed by atoms with Crippen LogP contribution >= 0.6 is 0 Å². The van der Waals surface area contributed by atoms with Crippen LogP contribution in [0.5, 0.6) is 0 Å². The minimum atomic E-state index is -0.502. The van der Waals surface area contributed by atoms with Crippen molar-refractivity contribution in [3.05, 3.63) is 56.3 Å². The van der Waals surface area contributed by atoms with Crippen LogP contribution < -0.4 is 42.3 Å². The van der Waals surface area contributed by atoms with Crippen molar-refractivity contribution in [3.8, 4) is 0 Å². The first-order valence-corrected chi connectivity index (χ1v) is 12.9. The first-order chi connectivity index (χ1) is 17.6. The van der Waals surface area contributed by atoms with Gasteiger partial charge in [0.15, 0.2) is 0 Å². The summed E-state index contributed by atoms with van der Waals surface area (Å²) in [6, 6.07) is 9.71. The van der Waals surface area contributed by atoms with E-state index >= 15 is 0 Å². The summed E-state index contributed by atoms with van der Waals surface area (Å²) >= 11 is 0. The van der Waals surface area contributed by atoms with E-state index < -0.39 is 10.9 Å². The van der Waals surface area contributed by atoms with Gasteiger partial charge >= 0.3 is 0 Å². The van der Waals surface area contributed by atoms with Crippen molar-refractivity contribution in [2.75, 3.05) is 71.6 Å². The minimum absolute atomic E-state index is 0.307. The molecule has 10 heteroatoms. The van der Waals surface area contributed by atoms with Gasteiger partial charge in [0.1, 0.15) is 23.0 Å². The Morgan fingerprint density at radius 2 is 1.44 bits per heavy atom. The maximum atomic E-state index is 12.2. The van der Waals surface area contributed by atoms with Crippen LogP contribution in [0.3, 0.4) is 0 Å². The van der Waals surface area contributed by atoms with Crippen molar-refractivity contribution in [2.45, 2.75) is 32.1 Å². The standard InChI is InChI=1S/C26H34N8O2/c27-10-9-18-5-7-19(8-6-18)30-23-22(24(35)25(23)36)29-12-11-28-20-17-21(33-13-1-2-14-33)32-26(31-20)34-15-3-4-16-34/h5-8,17,29-30H,1-4,9-16,27H2,(H,28,31,32). The van der Waals surface area contributed by atoms with Crippen LogP contribution in [0.2, 0.25) is 0 Å². The zero-order valence-electron chi connectivity index (χ0n) is 20.6. The van der Waals surface area contributed by atoms with Crippen LogP contribution in [0.25, 0.3) is 0 Å². The van der Waals surface area contributed by atoms with E-state index in [1.54, 1.807) is 0 Å². The zero-order chi connectivity index (χ0) is 24.9. The van der Waals surface area contributed by atoms with Gasteiger partial charge in [0, 0.05) is 51.0 Å². The lowest BCUT2D eigenvalue weighted by Crippen LogP contribution is -2.37. The van der Waals surface area contributed by atoms with Crippen molar-refractivity contribution in [1.29, 1.82) is 0 Å². The maximum absolute atomic E-state index is 12.2. The SMILES string of the molecule is NCCc1ccc(Nc2c(NCCNc3cc(N4CCCC4)nc(N4CCCC4)n3)c(=O)c2=O)cc1. The molecule has 10 nitrogen and oxygen atoms in total. The number of nitrogens with two attached hydrogens (primary N) is 1. The van der Waals surface area contributed by atoms with Crippen molar-refractivity contribution < 1.29 is 0 Å². The van der Waals surface area contributed by atoms with Gasteiger partial charge < -0.3 is 31.5 Å². The van der Waals surface area contributed by atoms with Gasteiger partial charge in [-0.1, -0.05) is 12.1 Å². The lowest BCUT2D eigenvalue weighted by molar-refractivity contribution is 0.870. The highest BCUT2D eigenvalue weighted by Gasteiger charge is 2.22. The largest absolute Gasteiger partial charge is 0.378 e. The summed E-state index contributed by atoms with van der Waals surface area (Å²) in [5, 5.41) is 9.56. The van der Waals surface area contributed by atoms with Crippen LogP contribution in [0.15, 0.2) is 39.9 Å². The summed E-state index contributed by atoms with van der Waals surface area (Å²) < 4.78 is 0. The Morgan fingerprint density at radius 3 is 2.14 bits per heavy atom. The Hall–Kier alpha value is -3.66. The summed E-state index contributed by atoms with van der Waals surface area (Å²) in [7, 11) is 0. The number of nitrogens with one attached hydrogen (secondary N) is 3. The molecule has 0 saturated carbocycles. The van der Waals surface area contributed by atoms with Crippen molar-refractivity contribution in [2.24, 2.45) is 5.73 Å². The molecule has 0 atom stereocenters. The number of rotatable bonds is 11. The quantitative estimate of drug-likeness (QED) is 0.234. The van der Waals surface area contributed by atoms with Gasteiger partial charge in [-0.05, 0) is 56.3 Å². The average Bonchev–Trinajstić information content (AvgIpc) is 3.63. The van der Waals surface area contributed by atoms with Gasteiger partial charge in [-0.2, -0.15) is 9.97 Å². The predicted molar refractivity (Wildman–Crippen MR) is 146 cm³/mol. The van der Waals surface area contributed by atoms with E-state index in [-0.39, 0.29) is 0 Å². The second kappa shape index (κ2) is 10.9. The first kappa shape index (κ1) is 24.1. The Labute approximate surface area is 210 Å². The van der Waals surface area contributed by atoms with E-state index in [2.05, 4.69) is 25.8 Å². The van der Waals surface area contributed by atoms with Gasteiger partial charge in [-0.3, -0.25) is 9.59 Å². The van der Waals surface area contributed by atoms with Crippen molar-refractivity contribution in [1.82, 2.24) is 9.97 Å². The van der Waals surface area contributed by atoms with Crippen LogP contribution in [-0.2, 0) is 6.42 Å². The number of hydrogen-bond donors (Lipinski definition) is 4. The second-order valence-electron chi connectivity index (χ2n) is 9.42. The Bertz CT molecular complexity index is 1210. The molecule has 2 aromatic carbocycles. The molecule has 5 rings (SSSR count). The maximum Gasteiger partial charge on any atom is 0.253 e. The molecule has 1 aromatic heterocycles. The zero-order valence-corrected chi connectivity index (χ0v) is 20.6. The summed E-state index contributed by atoms with van der Waals surface area (Å²) in [6.07, 6.45) is 5.50. The fraction of sp³-hybridized carbons (Fsp3) is 0.462. The molecule has 0 bridgehead atoms.